The number of amides is 2. The van der Waals surface area contributed by atoms with E-state index in [4.69, 9.17) is 5.11 Å². The maximum atomic E-state index is 12.2. The number of carbonyl (C=O) groups is 1. The summed E-state index contributed by atoms with van der Waals surface area (Å²) in [6, 6.07) is 0.265. The number of nitrogens with one attached hydrogen (secondary N) is 1. The first-order chi connectivity index (χ1) is 9.74. The molecule has 2 rings (SSSR count). The standard InChI is InChI=1S/C13H22N4O2S/c1-2-5-11-15-16-12(20-11)14-13(19)17(10-6-7-10)8-3-4-9-18/h10,18H,2-9H2,1H3,(H,14,16,19). The van der Waals surface area contributed by atoms with Crippen molar-refractivity contribution in [3.05, 3.63) is 5.01 Å². The summed E-state index contributed by atoms with van der Waals surface area (Å²) in [6.07, 6.45) is 5.63. The van der Waals surface area contributed by atoms with Crippen LogP contribution in [0.4, 0.5) is 9.93 Å². The molecule has 1 aliphatic carbocycles. The molecule has 1 aromatic rings. The number of hydrogen-bond acceptors (Lipinski definition) is 5. The number of aliphatic hydroxyl groups is 1. The molecule has 2 N–H and O–H groups in total. The summed E-state index contributed by atoms with van der Waals surface area (Å²) in [7, 11) is 0. The number of aromatic nitrogens is 2. The van der Waals surface area contributed by atoms with Crippen molar-refractivity contribution in [1.82, 2.24) is 15.1 Å². The van der Waals surface area contributed by atoms with Crippen LogP contribution < -0.4 is 5.32 Å². The van der Waals surface area contributed by atoms with Crippen molar-refractivity contribution < 1.29 is 9.90 Å². The van der Waals surface area contributed by atoms with Crippen LogP contribution >= 0.6 is 11.3 Å². The average Bonchev–Trinajstić information content (AvgIpc) is 3.17. The van der Waals surface area contributed by atoms with E-state index in [1.54, 1.807) is 0 Å². The largest absolute Gasteiger partial charge is 0.396 e. The molecule has 6 nitrogen and oxygen atoms in total. The van der Waals surface area contributed by atoms with Crippen molar-refractivity contribution in [2.24, 2.45) is 0 Å². The van der Waals surface area contributed by atoms with E-state index in [-0.39, 0.29) is 12.6 Å². The number of hydrogen-bond donors (Lipinski definition) is 2. The van der Waals surface area contributed by atoms with Crippen LogP contribution in [0.15, 0.2) is 0 Å². The Morgan fingerprint density at radius 3 is 2.90 bits per heavy atom. The molecule has 1 aromatic heterocycles. The first-order valence-corrected chi connectivity index (χ1v) is 8.07. The van der Waals surface area contributed by atoms with Gasteiger partial charge in [0, 0.05) is 25.6 Å². The highest BCUT2D eigenvalue weighted by Gasteiger charge is 2.32. The number of aryl methyl sites for hydroxylation is 1. The molecule has 0 spiro atoms. The Morgan fingerprint density at radius 1 is 1.45 bits per heavy atom. The predicted molar refractivity (Wildman–Crippen MR) is 79.0 cm³/mol. The monoisotopic (exact) mass is 298 g/mol. The Morgan fingerprint density at radius 2 is 2.25 bits per heavy atom. The average molecular weight is 298 g/mol. The molecule has 0 unspecified atom stereocenters. The molecular weight excluding hydrogens is 276 g/mol. The van der Waals surface area contributed by atoms with Gasteiger partial charge in [-0.2, -0.15) is 0 Å². The molecule has 20 heavy (non-hydrogen) atoms. The molecule has 0 bridgehead atoms. The molecule has 112 valence electrons. The third kappa shape index (κ3) is 4.42. The minimum Gasteiger partial charge on any atom is -0.396 e. The number of aliphatic hydroxyl groups excluding tert-OH is 1. The van der Waals surface area contributed by atoms with Crippen LogP contribution in [0.5, 0.6) is 0 Å². The van der Waals surface area contributed by atoms with Crippen LogP contribution in [0.1, 0.15) is 44.0 Å². The van der Waals surface area contributed by atoms with Gasteiger partial charge in [0.1, 0.15) is 5.01 Å². The molecule has 7 heteroatoms. The van der Waals surface area contributed by atoms with Crippen LogP contribution in [0.2, 0.25) is 0 Å². The van der Waals surface area contributed by atoms with E-state index in [2.05, 4.69) is 22.4 Å². The summed E-state index contributed by atoms with van der Waals surface area (Å²) in [5.41, 5.74) is 0. The van der Waals surface area contributed by atoms with Gasteiger partial charge in [-0.3, -0.25) is 5.32 Å². The first kappa shape index (κ1) is 15.2. The maximum Gasteiger partial charge on any atom is 0.323 e. The topological polar surface area (TPSA) is 78.4 Å². The van der Waals surface area contributed by atoms with Crippen LogP contribution in [0.3, 0.4) is 0 Å². The van der Waals surface area contributed by atoms with Crippen LogP contribution in [-0.4, -0.2) is 45.4 Å². The molecule has 1 fully saturated rings. The van der Waals surface area contributed by atoms with Crippen molar-refractivity contribution >= 4 is 22.5 Å². The Hall–Kier alpha value is -1.21. The number of carbonyl (C=O) groups excluding carboxylic acids is 1. The zero-order chi connectivity index (χ0) is 14.4. The van der Waals surface area contributed by atoms with Gasteiger partial charge in [-0.05, 0) is 32.1 Å². The van der Waals surface area contributed by atoms with Gasteiger partial charge in [0.15, 0.2) is 0 Å². The smallest absolute Gasteiger partial charge is 0.323 e. The van der Waals surface area contributed by atoms with Gasteiger partial charge in [-0.25, -0.2) is 4.79 Å². The van der Waals surface area contributed by atoms with Crippen molar-refractivity contribution in [2.75, 3.05) is 18.5 Å². The molecule has 1 aliphatic rings. The van der Waals surface area contributed by atoms with E-state index in [0.717, 1.165) is 43.5 Å². The van der Waals surface area contributed by atoms with Crippen molar-refractivity contribution in [1.29, 1.82) is 0 Å². The molecule has 1 heterocycles. The lowest BCUT2D eigenvalue weighted by Crippen LogP contribution is -2.37. The molecule has 0 aliphatic heterocycles. The summed E-state index contributed by atoms with van der Waals surface area (Å²) >= 11 is 1.44. The van der Waals surface area contributed by atoms with E-state index in [9.17, 15) is 4.79 Å². The van der Waals surface area contributed by atoms with Gasteiger partial charge in [0.05, 0.1) is 0 Å². The lowest BCUT2D eigenvalue weighted by atomic mass is 10.3. The molecule has 0 atom stereocenters. The van der Waals surface area contributed by atoms with E-state index in [1.165, 1.54) is 11.3 Å². The van der Waals surface area contributed by atoms with E-state index in [1.807, 2.05) is 4.90 Å². The summed E-state index contributed by atoms with van der Waals surface area (Å²) in [4.78, 5) is 14.1. The Bertz CT molecular complexity index is 434. The number of urea groups is 1. The molecule has 0 aromatic carbocycles. The Balaban J connectivity index is 1.86. The molecule has 2 amide bonds. The van der Waals surface area contributed by atoms with Crippen LogP contribution in [-0.2, 0) is 6.42 Å². The first-order valence-electron chi connectivity index (χ1n) is 7.25. The zero-order valence-electron chi connectivity index (χ0n) is 11.8. The quantitative estimate of drug-likeness (QED) is 0.722. The minimum atomic E-state index is -0.0929. The highest BCUT2D eigenvalue weighted by atomic mass is 32.1. The molecule has 0 radical (unpaired) electrons. The highest BCUT2D eigenvalue weighted by molar-refractivity contribution is 7.15. The number of anilines is 1. The molecular formula is C13H22N4O2S. The zero-order valence-corrected chi connectivity index (χ0v) is 12.7. The van der Waals surface area contributed by atoms with Gasteiger partial charge in [-0.15, -0.1) is 10.2 Å². The van der Waals surface area contributed by atoms with Gasteiger partial charge in [-0.1, -0.05) is 18.3 Å². The lowest BCUT2D eigenvalue weighted by molar-refractivity contribution is 0.204. The van der Waals surface area contributed by atoms with Crippen LogP contribution in [0, 0.1) is 0 Å². The maximum absolute atomic E-state index is 12.2. The number of rotatable bonds is 8. The predicted octanol–water partition coefficient (Wildman–Crippen LogP) is 2.26. The fourth-order valence-corrected chi connectivity index (χ4v) is 2.84. The van der Waals surface area contributed by atoms with Crippen molar-refractivity contribution in [3.8, 4) is 0 Å². The summed E-state index contributed by atoms with van der Waals surface area (Å²) in [5.74, 6) is 0. The third-order valence-corrected chi connectivity index (χ3v) is 4.10. The number of unbranched alkanes of at least 4 members (excludes halogenated alkanes) is 1. The summed E-state index contributed by atoms with van der Waals surface area (Å²) in [6.45, 7) is 2.96. The van der Waals surface area contributed by atoms with E-state index < -0.39 is 0 Å². The molecule has 1 saturated carbocycles. The van der Waals surface area contributed by atoms with Crippen molar-refractivity contribution in [3.63, 3.8) is 0 Å². The third-order valence-electron chi connectivity index (χ3n) is 3.20. The minimum absolute atomic E-state index is 0.0929. The Labute approximate surface area is 123 Å². The van der Waals surface area contributed by atoms with Crippen LogP contribution in [0.25, 0.3) is 0 Å². The fraction of sp³-hybridized carbons (Fsp3) is 0.769. The summed E-state index contributed by atoms with van der Waals surface area (Å²) < 4.78 is 0. The van der Waals surface area contributed by atoms with E-state index >= 15 is 0 Å². The van der Waals surface area contributed by atoms with Gasteiger partial charge >= 0.3 is 6.03 Å². The normalized spacial score (nSPS) is 14.3. The lowest BCUT2D eigenvalue weighted by Gasteiger charge is -2.21. The second-order valence-corrected chi connectivity index (χ2v) is 6.10. The number of nitrogens with zero attached hydrogens (tertiary/aromatic N) is 3. The SMILES string of the molecule is CCCc1nnc(NC(=O)N(CCCCO)C2CC2)s1. The second kappa shape index (κ2) is 7.54. The fourth-order valence-electron chi connectivity index (χ4n) is 2.01. The molecule has 0 saturated heterocycles. The van der Waals surface area contributed by atoms with Crippen molar-refractivity contribution in [2.45, 2.75) is 51.5 Å². The summed E-state index contributed by atoms with van der Waals surface area (Å²) in [5, 5.41) is 21.3. The van der Waals surface area contributed by atoms with Gasteiger partial charge in [0.25, 0.3) is 0 Å². The van der Waals surface area contributed by atoms with Gasteiger partial charge in [0.2, 0.25) is 5.13 Å². The Kier molecular flexibility index (Phi) is 5.72. The second-order valence-electron chi connectivity index (χ2n) is 5.04. The highest BCUT2D eigenvalue weighted by Crippen LogP contribution is 2.28. The van der Waals surface area contributed by atoms with E-state index in [0.29, 0.717) is 17.7 Å². The van der Waals surface area contributed by atoms with Gasteiger partial charge < -0.3 is 10.0 Å².